The molecule has 3 N–H and O–H groups in total. The molecule has 0 amide bonds. The number of aromatic nitrogens is 2. The Hall–Kier alpha value is -3.16. The van der Waals surface area contributed by atoms with E-state index in [1.165, 1.54) is 12.8 Å². The van der Waals surface area contributed by atoms with Gasteiger partial charge < -0.3 is 20.1 Å². The maximum atomic E-state index is 9.01. The zero-order chi connectivity index (χ0) is 24.5. The lowest BCUT2D eigenvalue weighted by Gasteiger charge is -2.39. The molecule has 188 valence electrons. The SMILES string of the molecule is COCCOC1=C/C(=N/C(=N\CNc2cc(C)[nH]n2)NC2CC3CCC(C2)N3CCC#N)CC=C1. The highest BCUT2D eigenvalue weighted by Crippen LogP contribution is 2.35. The Morgan fingerprint density at radius 1 is 1.31 bits per heavy atom. The van der Waals surface area contributed by atoms with Gasteiger partial charge in [-0.2, -0.15) is 10.4 Å². The number of aromatic amines is 1. The Morgan fingerprint density at radius 2 is 2.14 bits per heavy atom. The van der Waals surface area contributed by atoms with Gasteiger partial charge in [-0.15, -0.1) is 0 Å². The number of hydrogen-bond donors (Lipinski definition) is 3. The van der Waals surface area contributed by atoms with Crippen LogP contribution in [0.15, 0.2) is 40.0 Å². The van der Waals surface area contributed by atoms with Crippen LogP contribution in [0, 0.1) is 18.3 Å². The van der Waals surface area contributed by atoms with Gasteiger partial charge in [-0.25, -0.2) is 9.98 Å². The second kappa shape index (κ2) is 12.5. The topological polar surface area (TPSA) is 123 Å². The van der Waals surface area contributed by atoms with Crippen molar-refractivity contribution >= 4 is 17.5 Å². The van der Waals surface area contributed by atoms with Gasteiger partial charge in [-0.3, -0.25) is 10.00 Å². The van der Waals surface area contributed by atoms with Crippen LogP contribution in [0.5, 0.6) is 0 Å². The second-order valence-electron chi connectivity index (χ2n) is 9.19. The number of aryl methyl sites for hydroxylation is 1. The summed E-state index contributed by atoms with van der Waals surface area (Å²) in [6.07, 6.45) is 11.8. The lowest BCUT2D eigenvalue weighted by atomic mass is 9.97. The van der Waals surface area contributed by atoms with E-state index in [2.05, 4.69) is 37.9 Å². The van der Waals surface area contributed by atoms with E-state index < -0.39 is 0 Å². The van der Waals surface area contributed by atoms with Crippen molar-refractivity contribution in [3.8, 4) is 6.07 Å². The maximum absolute atomic E-state index is 9.01. The highest BCUT2D eigenvalue weighted by Gasteiger charge is 2.40. The minimum atomic E-state index is 0.307. The lowest BCUT2D eigenvalue weighted by molar-refractivity contribution is 0.114. The van der Waals surface area contributed by atoms with Gasteiger partial charge in [0.05, 0.1) is 18.4 Å². The van der Waals surface area contributed by atoms with Crippen molar-refractivity contribution in [3.05, 3.63) is 35.7 Å². The largest absolute Gasteiger partial charge is 0.491 e. The predicted octanol–water partition coefficient (Wildman–Crippen LogP) is 2.89. The molecule has 1 aromatic heterocycles. The zero-order valence-corrected chi connectivity index (χ0v) is 20.7. The van der Waals surface area contributed by atoms with Gasteiger partial charge in [-0.05, 0) is 38.7 Å². The highest BCUT2D eigenvalue weighted by molar-refractivity contribution is 6.05. The fourth-order valence-corrected chi connectivity index (χ4v) is 5.05. The number of guanidine groups is 1. The van der Waals surface area contributed by atoms with Crippen LogP contribution in [-0.4, -0.2) is 78.4 Å². The summed E-state index contributed by atoms with van der Waals surface area (Å²) in [4.78, 5) is 12.1. The van der Waals surface area contributed by atoms with Crippen molar-refractivity contribution in [3.63, 3.8) is 0 Å². The number of anilines is 1. The van der Waals surface area contributed by atoms with Crippen molar-refractivity contribution in [1.82, 2.24) is 20.4 Å². The van der Waals surface area contributed by atoms with Crippen molar-refractivity contribution in [2.24, 2.45) is 9.98 Å². The van der Waals surface area contributed by atoms with Gasteiger partial charge in [0.25, 0.3) is 0 Å². The number of nitrogens with one attached hydrogen (secondary N) is 3. The average Bonchev–Trinajstić information content (AvgIpc) is 3.36. The predicted molar refractivity (Wildman–Crippen MR) is 136 cm³/mol. The smallest absolute Gasteiger partial charge is 0.220 e. The van der Waals surface area contributed by atoms with Crippen LogP contribution in [0.4, 0.5) is 5.82 Å². The minimum absolute atomic E-state index is 0.307. The molecule has 0 saturated carbocycles. The van der Waals surface area contributed by atoms with Crippen molar-refractivity contribution in [1.29, 1.82) is 5.26 Å². The highest BCUT2D eigenvalue weighted by atomic mass is 16.5. The molecule has 0 aromatic carbocycles. The van der Waals surface area contributed by atoms with Crippen LogP contribution in [0.3, 0.4) is 0 Å². The van der Waals surface area contributed by atoms with Crippen LogP contribution in [0.2, 0.25) is 0 Å². The Balaban J connectivity index is 1.43. The lowest BCUT2D eigenvalue weighted by Crippen LogP contribution is -2.50. The van der Waals surface area contributed by atoms with Gasteiger partial charge in [0.2, 0.25) is 5.96 Å². The molecule has 4 rings (SSSR count). The van der Waals surface area contributed by atoms with Crippen LogP contribution in [-0.2, 0) is 9.47 Å². The molecule has 2 atom stereocenters. The number of aliphatic imine (C=N–C) groups is 2. The maximum Gasteiger partial charge on any atom is 0.220 e. The Labute approximate surface area is 207 Å². The van der Waals surface area contributed by atoms with E-state index in [9.17, 15) is 0 Å². The fraction of sp³-hybridized carbons (Fsp3) is 0.600. The Bertz CT molecular complexity index is 991. The molecule has 2 fully saturated rings. The third-order valence-corrected chi connectivity index (χ3v) is 6.62. The first-order valence-corrected chi connectivity index (χ1v) is 12.4. The number of piperidine rings is 1. The van der Waals surface area contributed by atoms with Crippen LogP contribution >= 0.6 is 0 Å². The molecule has 3 aliphatic rings. The van der Waals surface area contributed by atoms with E-state index >= 15 is 0 Å². The number of allylic oxidation sites excluding steroid dienone is 3. The monoisotopic (exact) mass is 480 g/mol. The van der Waals surface area contributed by atoms with E-state index in [1.807, 2.05) is 25.1 Å². The molecule has 2 saturated heterocycles. The number of H-pyrrole nitrogens is 1. The molecule has 10 heteroatoms. The summed E-state index contributed by atoms with van der Waals surface area (Å²) >= 11 is 0. The molecular formula is C25H36N8O2. The third kappa shape index (κ3) is 7.16. The van der Waals surface area contributed by atoms with E-state index in [4.69, 9.17) is 24.7 Å². The number of ether oxygens (including phenoxy) is 2. The normalized spacial score (nSPS) is 25.4. The van der Waals surface area contributed by atoms with E-state index in [0.29, 0.717) is 50.4 Å². The van der Waals surface area contributed by atoms with E-state index in [1.54, 1.807) is 7.11 Å². The van der Waals surface area contributed by atoms with E-state index in [0.717, 1.165) is 48.8 Å². The second-order valence-corrected chi connectivity index (χ2v) is 9.19. The summed E-state index contributed by atoms with van der Waals surface area (Å²) < 4.78 is 10.8. The van der Waals surface area contributed by atoms with Crippen molar-refractivity contribution < 1.29 is 9.47 Å². The molecule has 0 radical (unpaired) electrons. The Morgan fingerprint density at radius 3 is 2.86 bits per heavy atom. The first-order valence-electron chi connectivity index (χ1n) is 12.4. The molecule has 2 bridgehead atoms. The summed E-state index contributed by atoms with van der Waals surface area (Å²) in [5, 5.41) is 23.0. The van der Waals surface area contributed by atoms with Gasteiger partial charge in [0.15, 0.2) is 0 Å². The summed E-state index contributed by atoms with van der Waals surface area (Å²) in [5.74, 6) is 2.16. The first kappa shape index (κ1) is 24.9. The Kier molecular flexibility index (Phi) is 8.92. The first-order chi connectivity index (χ1) is 17.1. The molecule has 10 nitrogen and oxygen atoms in total. The van der Waals surface area contributed by atoms with Gasteiger partial charge in [-0.1, -0.05) is 6.08 Å². The molecule has 1 aliphatic carbocycles. The molecule has 0 spiro atoms. The molecule has 2 unspecified atom stereocenters. The third-order valence-electron chi connectivity index (χ3n) is 6.62. The molecule has 2 aliphatic heterocycles. The van der Waals surface area contributed by atoms with Crippen molar-refractivity contribution in [2.45, 2.75) is 63.6 Å². The zero-order valence-electron chi connectivity index (χ0n) is 20.7. The number of rotatable bonds is 10. The van der Waals surface area contributed by atoms with Crippen LogP contribution in [0.1, 0.15) is 44.2 Å². The summed E-state index contributed by atoms with van der Waals surface area (Å²) in [6.45, 7) is 4.25. The molecule has 3 heterocycles. The van der Waals surface area contributed by atoms with Gasteiger partial charge >= 0.3 is 0 Å². The number of fused-ring (bicyclic) bond motifs is 2. The number of nitrogens with zero attached hydrogens (tertiary/aromatic N) is 5. The summed E-state index contributed by atoms with van der Waals surface area (Å²) in [6, 6.07) is 5.60. The summed E-state index contributed by atoms with van der Waals surface area (Å²) in [7, 11) is 1.66. The molecular weight excluding hydrogens is 444 g/mol. The van der Waals surface area contributed by atoms with Crippen LogP contribution in [0.25, 0.3) is 0 Å². The summed E-state index contributed by atoms with van der Waals surface area (Å²) in [5.41, 5.74) is 1.89. The fourth-order valence-electron chi connectivity index (χ4n) is 5.05. The number of hydrogen-bond acceptors (Lipinski definition) is 7. The van der Waals surface area contributed by atoms with E-state index in [-0.39, 0.29) is 0 Å². The van der Waals surface area contributed by atoms with Crippen molar-refractivity contribution in [2.75, 3.05) is 38.9 Å². The average molecular weight is 481 g/mol. The molecule has 35 heavy (non-hydrogen) atoms. The quantitative estimate of drug-likeness (QED) is 0.267. The van der Waals surface area contributed by atoms with Crippen LogP contribution < -0.4 is 10.6 Å². The number of nitriles is 1. The molecule has 1 aromatic rings. The van der Waals surface area contributed by atoms with Gasteiger partial charge in [0, 0.05) is 62.5 Å². The van der Waals surface area contributed by atoms with Gasteiger partial charge in [0.1, 0.15) is 24.9 Å². The number of methoxy groups -OCH3 is 1. The standard InChI is InChI=1S/C25H36N8O2/c1-18-13-24(32-31-18)27-17-28-25(29-19-5-3-6-23(16-19)35-12-11-34-2)30-20-14-21-7-8-22(15-20)33(21)10-4-9-26/h3,6,13,16,20-22H,4-5,7-8,10-12,14-15,17H2,1-2H3,(H,28,30)(H2,27,31,32)/b29-19+. The minimum Gasteiger partial charge on any atom is -0.491 e.